The fraction of sp³-hybridized carbons (Fsp3) is 0.455. The van der Waals surface area contributed by atoms with E-state index < -0.39 is 10.0 Å². The molecular weight excluding hydrogens is 331 g/mol. The Labute approximate surface area is 129 Å². The zero-order chi connectivity index (χ0) is 13.3. The summed E-state index contributed by atoms with van der Waals surface area (Å²) in [6.45, 7) is 0.203. The number of halogens is 3. The maximum Gasteiger partial charge on any atom is 0.243 e. The average Bonchev–Trinajstić information content (AvgIpc) is 3.09. The molecule has 8 heteroatoms. The van der Waals surface area contributed by atoms with E-state index in [1.165, 1.54) is 12.1 Å². The topological polar surface area (TPSA) is 72.2 Å². The summed E-state index contributed by atoms with van der Waals surface area (Å²) >= 11 is 11.7. The van der Waals surface area contributed by atoms with Crippen LogP contribution in [0.15, 0.2) is 23.1 Å². The van der Waals surface area contributed by atoms with Crippen molar-refractivity contribution in [2.75, 3.05) is 6.54 Å². The molecular formula is C11H15Cl3N2O2S. The van der Waals surface area contributed by atoms with E-state index in [0.29, 0.717) is 5.92 Å². The molecule has 0 aliphatic heterocycles. The molecule has 1 saturated carbocycles. The van der Waals surface area contributed by atoms with Gasteiger partial charge in [0.2, 0.25) is 10.0 Å². The van der Waals surface area contributed by atoms with Crippen molar-refractivity contribution in [1.29, 1.82) is 0 Å². The molecule has 0 saturated heterocycles. The number of hydrogen-bond donors (Lipinski definition) is 2. The Morgan fingerprint density at radius 1 is 1.32 bits per heavy atom. The minimum absolute atomic E-state index is 0. The summed E-state index contributed by atoms with van der Waals surface area (Å²) in [4.78, 5) is -0.0867. The minimum Gasteiger partial charge on any atom is -0.326 e. The van der Waals surface area contributed by atoms with Gasteiger partial charge in [0.25, 0.3) is 0 Å². The summed E-state index contributed by atoms with van der Waals surface area (Å²) in [5, 5.41) is 0.213. The molecule has 1 aromatic carbocycles. The van der Waals surface area contributed by atoms with Gasteiger partial charge in [-0.15, -0.1) is 12.4 Å². The van der Waals surface area contributed by atoms with Crippen LogP contribution in [0.4, 0.5) is 0 Å². The molecule has 0 spiro atoms. The SMILES string of the molecule is Cl.NC(CNS(=O)(=O)c1c(Cl)cccc1Cl)C1CC1. The van der Waals surface area contributed by atoms with Crippen molar-refractivity contribution in [2.24, 2.45) is 11.7 Å². The summed E-state index contributed by atoms with van der Waals surface area (Å²) in [5.74, 6) is 0.425. The van der Waals surface area contributed by atoms with Gasteiger partial charge < -0.3 is 5.73 Å². The third kappa shape index (κ3) is 4.21. The van der Waals surface area contributed by atoms with Crippen molar-refractivity contribution in [3.63, 3.8) is 0 Å². The molecule has 3 N–H and O–H groups in total. The summed E-state index contributed by atoms with van der Waals surface area (Å²) in [5.41, 5.74) is 5.85. The van der Waals surface area contributed by atoms with E-state index in [0.717, 1.165) is 12.8 Å². The van der Waals surface area contributed by atoms with Crippen LogP contribution in [0.5, 0.6) is 0 Å². The van der Waals surface area contributed by atoms with Crippen molar-refractivity contribution >= 4 is 45.6 Å². The first-order valence-corrected chi connectivity index (χ1v) is 7.85. The Kier molecular flexibility index (Phi) is 5.92. The third-order valence-electron chi connectivity index (χ3n) is 2.92. The molecule has 2 rings (SSSR count). The first-order valence-electron chi connectivity index (χ1n) is 5.61. The van der Waals surface area contributed by atoms with Gasteiger partial charge in [-0.3, -0.25) is 0 Å². The second kappa shape index (κ2) is 6.61. The quantitative estimate of drug-likeness (QED) is 0.861. The summed E-state index contributed by atoms with van der Waals surface area (Å²) in [6, 6.07) is 4.42. The Hall–Kier alpha value is -0.0400. The van der Waals surface area contributed by atoms with Crippen molar-refractivity contribution in [3.05, 3.63) is 28.2 Å². The maximum absolute atomic E-state index is 12.1. The Morgan fingerprint density at radius 2 is 1.84 bits per heavy atom. The lowest BCUT2D eigenvalue weighted by Gasteiger charge is -2.13. The van der Waals surface area contributed by atoms with Crippen LogP contribution >= 0.6 is 35.6 Å². The molecule has 1 atom stereocenters. The van der Waals surface area contributed by atoms with E-state index in [4.69, 9.17) is 28.9 Å². The molecule has 1 aliphatic rings. The molecule has 1 aliphatic carbocycles. The molecule has 4 nitrogen and oxygen atoms in total. The maximum atomic E-state index is 12.1. The lowest BCUT2D eigenvalue weighted by atomic mass is 10.2. The van der Waals surface area contributed by atoms with Gasteiger partial charge >= 0.3 is 0 Å². The van der Waals surface area contributed by atoms with Crippen LogP contribution in [-0.2, 0) is 10.0 Å². The van der Waals surface area contributed by atoms with Crippen molar-refractivity contribution in [1.82, 2.24) is 4.72 Å². The smallest absolute Gasteiger partial charge is 0.243 e. The lowest BCUT2D eigenvalue weighted by molar-refractivity contribution is 0.548. The van der Waals surface area contributed by atoms with Crippen molar-refractivity contribution in [2.45, 2.75) is 23.8 Å². The molecule has 1 fully saturated rings. The number of hydrogen-bond acceptors (Lipinski definition) is 3. The van der Waals surface area contributed by atoms with E-state index in [1.54, 1.807) is 6.07 Å². The summed E-state index contributed by atoms with van der Waals surface area (Å²) in [6.07, 6.45) is 2.13. The Balaban J connectivity index is 0.00000180. The second-order valence-corrected chi connectivity index (χ2v) is 6.92. The molecule has 1 aromatic rings. The molecule has 0 heterocycles. The van der Waals surface area contributed by atoms with E-state index in [9.17, 15) is 8.42 Å². The lowest BCUT2D eigenvalue weighted by Crippen LogP contribution is -2.38. The zero-order valence-electron chi connectivity index (χ0n) is 9.97. The van der Waals surface area contributed by atoms with Gasteiger partial charge in [-0.2, -0.15) is 0 Å². The van der Waals surface area contributed by atoms with E-state index in [2.05, 4.69) is 4.72 Å². The number of benzene rings is 1. The van der Waals surface area contributed by atoms with Crippen LogP contribution in [-0.4, -0.2) is 21.0 Å². The number of sulfonamides is 1. The Morgan fingerprint density at radius 3 is 2.32 bits per heavy atom. The monoisotopic (exact) mass is 344 g/mol. The van der Waals surface area contributed by atoms with Gasteiger partial charge in [-0.05, 0) is 30.9 Å². The van der Waals surface area contributed by atoms with Gasteiger partial charge in [0.05, 0.1) is 10.0 Å². The average molecular weight is 346 g/mol. The summed E-state index contributed by atoms with van der Waals surface area (Å²) < 4.78 is 26.6. The second-order valence-electron chi connectivity index (χ2n) is 4.40. The highest BCUT2D eigenvalue weighted by Gasteiger charge is 2.30. The van der Waals surface area contributed by atoms with Crippen LogP contribution in [0.25, 0.3) is 0 Å². The van der Waals surface area contributed by atoms with Gasteiger partial charge in [0.15, 0.2) is 0 Å². The number of rotatable bonds is 5. The fourth-order valence-electron chi connectivity index (χ4n) is 1.71. The van der Waals surface area contributed by atoms with E-state index in [1.807, 2.05) is 0 Å². The first-order chi connectivity index (χ1) is 8.42. The highest BCUT2D eigenvalue weighted by molar-refractivity contribution is 7.89. The highest BCUT2D eigenvalue weighted by Crippen LogP contribution is 2.32. The fourth-order valence-corrected chi connectivity index (χ4v) is 3.92. The predicted octanol–water partition coefficient (Wildman–Crippen LogP) is 2.43. The molecule has 0 radical (unpaired) electrons. The van der Waals surface area contributed by atoms with Crippen molar-refractivity contribution in [3.8, 4) is 0 Å². The molecule has 0 bridgehead atoms. The molecule has 0 aromatic heterocycles. The number of nitrogens with two attached hydrogens (primary N) is 1. The van der Waals surface area contributed by atoms with Crippen molar-refractivity contribution < 1.29 is 8.42 Å². The zero-order valence-corrected chi connectivity index (χ0v) is 13.1. The first kappa shape index (κ1) is 17.0. The van der Waals surface area contributed by atoms with E-state index in [-0.39, 0.29) is 39.9 Å². The van der Waals surface area contributed by atoms with E-state index >= 15 is 0 Å². The van der Waals surface area contributed by atoms with Gasteiger partial charge in [-0.25, -0.2) is 13.1 Å². The normalized spacial score (nSPS) is 16.8. The molecule has 19 heavy (non-hydrogen) atoms. The molecule has 0 amide bonds. The largest absolute Gasteiger partial charge is 0.326 e. The number of nitrogens with one attached hydrogen (secondary N) is 1. The van der Waals surface area contributed by atoms with Crippen LogP contribution in [0.2, 0.25) is 10.0 Å². The third-order valence-corrected chi connectivity index (χ3v) is 5.30. The minimum atomic E-state index is -3.72. The highest BCUT2D eigenvalue weighted by atomic mass is 35.5. The van der Waals surface area contributed by atoms with Gasteiger partial charge in [0.1, 0.15) is 4.90 Å². The summed E-state index contributed by atoms with van der Waals surface area (Å²) in [7, 11) is -3.72. The van der Waals surface area contributed by atoms with Crippen LogP contribution in [0.3, 0.4) is 0 Å². The van der Waals surface area contributed by atoms with Crippen LogP contribution in [0.1, 0.15) is 12.8 Å². The molecule has 108 valence electrons. The van der Waals surface area contributed by atoms with Gasteiger partial charge in [-0.1, -0.05) is 29.3 Å². The van der Waals surface area contributed by atoms with Gasteiger partial charge in [0, 0.05) is 12.6 Å². The van der Waals surface area contributed by atoms with Crippen LogP contribution in [0, 0.1) is 5.92 Å². The predicted molar refractivity (Wildman–Crippen MR) is 79.6 cm³/mol. The molecule has 1 unspecified atom stereocenters. The Bertz CT molecular complexity index is 527. The van der Waals surface area contributed by atoms with Crippen LogP contribution < -0.4 is 10.5 Å². The standard InChI is InChI=1S/C11H14Cl2N2O2S.ClH/c12-8-2-1-3-9(13)11(8)18(16,17)15-6-10(14)7-4-5-7;/h1-3,7,10,15H,4-6,14H2;1H.